The minimum Gasteiger partial charge on any atom is -0.0654 e. The quantitative estimate of drug-likeness (QED) is 0.596. The van der Waals surface area contributed by atoms with Crippen LogP contribution in [0.1, 0.15) is 59.8 Å². The molecule has 0 heterocycles. The molecule has 2 unspecified atom stereocenters. The molecule has 0 aliphatic heterocycles. The molecule has 0 aromatic rings. The summed E-state index contributed by atoms with van der Waals surface area (Å²) in [5.41, 5.74) is 1.35. The predicted octanol–water partition coefficient (Wildman–Crippen LogP) is 4.25. The number of hydrogen-bond acceptors (Lipinski definition) is 0. The molecule has 2 aliphatic rings. The summed E-state index contributed by atoms with van der Waals surface area (Å²) in [6.07, 6.45) is 7.36. The highest BCUT2D eigenvalue weighted by molar-refractivity contribution is 5.07. The zero-order chi connectivity index (χ0) is 9.69. The van der Waals surface area contributed by atoms with Crippen LogP contribution in [0.2, 0.25) is 0 Å². The Morgan fingerprint density at radius 2 is 1.92 bits per heavy atom. The lowest BCUT2D eigenvalue weighted by Gasteiger charge is -2.43. The molecule has 0 radical (unpaired) electrons. The van der Waals surface area contributed by atoms with Crippen LogP contribution < -0.4 is 0 Å². The van der Waals surface area contributed by atoms with E-state index in [1.54, 1.807) is 0 Å². The van der Waals surface area contributed by atoms with Crippen LogP contribution in [-0.2, 0) is 0 Å². The van der Waals surface area contributed by atoms with E-state index in [-0.39, 0.29) is 0 Å². The Morgan fingerprint density at radius 3 is 2.38 bits per heavy atom. The van der Waals surface area contributed by atoms with Crippen LogP contribution >= 0.6 is 0 Å². The van der Waals surface area contributed by atoms with Crippen LogP contribution in [0.15, 0.2) is 0 Å². The number of hydrogen-bond donors (Lipinski definition) is 0. The maximum Gasteiger partial charge on any atom is -0.0289 e. The Kier molecular flexibility index (Phi) is 2.02. The van der Waals surface area contributed by atoms with Crippen LogP contribution in [0.3, 0.4) is 0 Å². The van der Waals surface area contributed by atoms with E-state index in [0.717, 1.165) is 11.8 Å². The molecule has 0 aromatic heterocycles. The van der Waals surface area contributed by atoms with Crippen LogP contribution in [0, 0.1) is 22.7 Å². The van der Waals surface area contributed by atoms with Gasteiger partial charge in [-0.15, -0.1) is 0 Å². The van der Waals surface area contributed by atoms with Gasteiger partial charge in [0.2, 0.25) is 0 Å². The maximum atomic E-state index is 2.54. The van der Waals surface area contributed by atoms with E-state index in [0.29, 0.717) is 10.8 Å². The summed E-state index contributed by atoms with van der Waals surface area (Å²) in [4.78, 5) is 0. The van der Waals surface area contributed by atoms with Crippen molar-refractivity contribution in [3.8, 4) is 0 Å². The summed E-state index contributed by atoms with van der Waals surface area (Å²) < 4.78 is 0. The smallest absolute Gasteiger partial charge is 0.0289 e. The molecule has 2 aliphatic carbocycles. The van der Waals surface area contributed by atoms with Gasteiger partial charge in [-0.3, -0.25) is 0 Å². The molecule has 13 heavy (non-hydrogen) atoms. The molecular formula is C13H24. The topological polar surface area (TPSA) is 0 Å². The summed E-state index contributed by atoms with van der Waals surface area (Å²) in [6.45, 7) is 9.91. The van der Waals surface area contributed by atoms with Crippen molar-refractivity contribution >= 4 is 0 Å². The third-order valence-electron chi connectivity index (χ3n) is 5.15. The highest BCUT2D eigenvalue weighted by Crippen LogP contribution is 2.67. The van der Waals surface area contributed by atoms with Gasteiger partial charge in [-0.1, -0.05) is 34.1 Å². The molecule has 0 spiro atoms. The monoisotopic (exact) mass is 180 g/mol. The molecule has 76 valence electrons. The third-order valence-corrected chi connectivity index (χ3v) is 5.15. The van der Waals surface area contributed by atoms with Gasteiger partial charge in [0.1, 0.15) is 0 Å². The first kappa shape index (κ1) is 9.55. The summed E-state index contributed by atoms with van der Waals surface area (Å²) in [5, 5.41) is 0. The molecule has 2 saturated carbocycles. The van der Waals surface area contributed by atoms with E-state index in [1.165, 1.54) is 32.1 Å². The van der Waals surface area contributed by atoms with Gasteiger partial charge >= 0.3 is 0 Å². The summed E-state index contributed by atoms with van der Waals surface area (Å²) in [7, 11) is 0. The molecule has 3 atom stereocenters. The highest BCUT2D eigenvalue weighted by atomic mass is 14.6. The largest absolute Gasteiger partial charge is 0.0654 e. The minimum absolute atomic E-state index is 0.642. The van der Waals surface area contributed by atoms with E-state index in [1.807, 2.05) is 0 Å². The van der Waals surface area contributed by atoms with Gasteiger partial charge in [-0.25, -0.2) is 0 Å². The average molecular weight is 180 g/mol. The highest BCUT2D eigenvalue weighted by Gasteiger charge is 2.58. The minimum atomic E-state index is 0.642. The molecule has 0 N–H and O–H groups in total. The van der Waals surface area contributed by atoms with Gasteiger partial charge in [0, 0.05) is 0 Å². The Morgan fingerprint density at radius 1 is 1.23 bits per heavy atom. The molecule has 0 saturated heterocycles. The summed E-state index contributed by atoms with van der Waals surface area (Å²) >= 11 is 0. The van der Waals surface area contributed by atoms with Gasteiger partial charge < -0.3 is 0 Å². The maximum absolute atomic E-state index is 2.54. The standard InChI is InChI=1S/C13H24/c1-5-6-11-12(2,3)10-7-8-13(11,4)9-10/h10-11H,5-9H2,1-4H3/t10-,11?,13?/m1/s1. The van der Waals surface area contributed by atoms with E-state index in [2.05, 4.69) is 27.7 Å². The van der Waals surface area contributed by atoms with E-state index in [4.69, 9.17) is 0 Å². The SMILES string of the molecule is CCCC1C2(C)CC[C@H](C2)C1(C)C. The first-order chi connectivity index (χ1) is 6.00. The first-order valence-electron chi connectivity index (χ1n) is 6.00. The molecule has 2 fully saturated rings. The Labute approximate surface area is 83.1 Å². The van der Waals surface area contributed by atoms with Crippen molar-refractivity contribution < 1.29 is 0 Å². The second-order valence-electron chi connectivity index (χ2n) is 6.26. The Bertz CT molecular complexity index is 199. The Balaban J connectivity index is 2.23. The predicted molar refractivity (Wildman–Crippen MR) is 57.6 cm³/mol. The van der Waals surface area contributed by atoms with Gasteiger partial charge in [-0.2, -0.15) is 0 Å². The molecule has 0 heteroatoms. The molecule has 0 aromatic carbocycles. The normalized spacial score (nSPS) is 47.1. The van der Waals surface area contributed by atoms with E-state index >= 15 is 0 Å². The zero-order valence-corrected chi connectivity index (χ0v) is 9.69. The lowest BCUT2D eigenvalue weighted by atomic mass is 9.62. The van der Waals surface area contributed by atoms with Gasteiger partial charge in [0.15, 0.2) is 0 Å². The van der Waals surface area contributed by atoms with Crippen molar-refractivity contribution in [1.82, 2.24) is 0 Å². The third kappa shape index (κ3) is 1.17. The fourth-order valence-electron chi connectivity index (χ4n) is 4.41. The molecule has 0 nitrogen and oxygen atoms in total. The number of rotatable bonds is 2. The van der Waals surface area contributed by atoms with E-state index in [9.17, 15) is 0 Å². The average Bonchev–Trinajstić information content (AvgIpc) is 2.50. The first-order valence-corrected chi connectivity index (χ1v) is 6.00. The lowest BCUT2D eigenvalue weighted by Crippen LogP contribution is -2.34. The molecule has 2 rings (SSSR count). The molecule has 2 bridgehead atoms. The fourth-order valence-corrected chi connectivity index (χ4v) is 4.41. The van der Waals surface area contributed by atoms with E-state index < -0.39 is 0 Å². The van der Waals surface area contributed by atoms with Gasteiger partial charge in [0.05, 0.1) is 0 Å². The van der Waals surface area contributed by atoms with Gasteiger partial charge in [0.25, 0.3) is 0 Å². The lowest BCUT2D eigenvalue weighted by molar-refractivity contribution is 0.0665. The van der Waals surface area contributed by atoms with Crippen LogP contribution in [-0.4, -0.2) is 0 Å². The summed E-state index contributed by atoms with van der Waals surface area (Å²) in [5.74, 6) is 2.04. The Hall–Kier alpha value is 0. The van der Waals surface area contributed by atoms with Crippen LogP contribution in [0.4, 0.5) is 0 Å². The summed E-state index contributed by atoms with van der Waals surface area (Å²) in [6, 6.07) is 0. The van der Waals surface area contributed by atoms with Crippen molar-refractivity contribution in [3.05, 3.63) is 0 Å². The van der Waals surface area contributed by atoms with Crippen molar-refractivity contribution in [3.63, 3.8) is 0 Å². The van der Waals surface area contributed by atoms with Crippen LogP contribution in [0.5, 0.6) is 0 Å². The van der Waals surface area contributed by atoms with Crippen LogP contribution in [0.25, 0.3) is 0 Å². The van der Waals surface area contributed by atoms with Crippen molar-refractivity contribution in [1.29, 1.82) is 0 Å². The van der Waals surface area contributed by atoms with Crippen molar-refractivity contribution in [2.45, 2.75) is 59.8 Å². The van der Waals surface area contributed by atoms with Crippen molar-refractivity contribution in [2.24, 2.45) is 22.7 Å². The zero-order valence-electron chi connectivity index (χ0n) is 9.69. The number of fused-ring (bicyclic) bond motifs is 2. The fraction of sp³-hybridized carbons (Fsp3) is 1.00. The molecular weight excluding hydrogens is 156 g/mol. The second-order valence-corrected chi connectivity index (χ2v) is 6.26. The second kappa shape index (κ2) is 2.74. The van der Waals surface area contributed by atoms with Gasteiger partial charge in [-0.05, 0) is 48.3 Å². The van der Waals surface area contributed by atoms with Crippen molar-refractivity contribution in [2.75, 3.05) is 0 Å². The molecule has 0 amide bonds.